The fraction of sp³-hybridized carbons (Fsp3) is 0. The van der Waals surface area contributed by atoms with Crippen molar-refractivity contribution < 1.29 is 0 Å². The van der Waals surface area contributed by atoms with Crippen LogP contribution < -0.4 is 4.90 Å². The molecular formula is C52H34N2S. The molecule has 0 spiro atoms. The maximum Gasteiger partial charge on any atom is 0.0640 e. The highest BCUT2D eigenvalue weighted by atomic mass is 32.1. The van der Waals surface area contributed by atoms with Crippen LogP contribution in [-0.4, -0.2) is 4.57 Å². The predicted octanol–water partition coefficient (Wildman–Crippen LogP) is 15.1. The highest BCUT2D eigenvalue weighted by Gasteiger charge is 2.21. The van der Waals surface area contributed by atoms with Gasteiger partial charge in [0.05, 0.1) is 21.4 Å². The first-order valence-corrected chi connectivity index (χ1v) is 19.6. The number of hydrogen-bond donors (Lipinski definition) is 0. The summed E-state index contributed by atoms with van der Waals surface area (Å²) in [7, 11) is 0. The van der Waals surface area contributed by atoms with Crippen LogP contribution in [0.25, 0.3) is 80.7 Å². The summed E-state index contributed by atoms with van der Waals surface area (Å²) in [5.74, 6) is 0. The Bertz CT molecular complexity index is 3190. The van der Waals surface area contributed by atoms with Crippen LogP contribution in [0.5, 0.6) is 0 Å². The Kier molecular flexibility index (Phi) is 7.39. The molecule has 3 heteroatoms. The van der Waals surface area contributed by atoms with Crippen molar-refractivity contribution in [2.45, 2.75) is 0 Å². The molecule has 2 nitrogen and oxygen atoms in total. The Morgan fingerprint density at radius 3 is 1.84 bits per heavy atom. The molecule has 0 N–H and O–H groups in total. The van der Waals surface area contributed by atoms with Gasteiger partial charge in [-0.25, -0.2) is 0 Å². The number of thiophene rings is 1. The zero-order valence-corrected chi connectivity index (χ0v) is 30.7. The Morgan fingerprint density at radius 1 is 0.400 bits per heavy atom. The molecule has 2 heterocycles. The molecule has 0 aliphatic rings. The van der Waals surface area contributed by atoms with E-state index in [1.807, 2.05) is 11.3 Å². The van der Waals surface area contributed by atoms with Crippen LogP contribution in [-0.2, 0) is 0 Å². The van der Waals surface area contributed by atoms with Gasteiger partial charge >= 0.3 is 0 Å². The van der Waals surface area contributed by atoms with E-state index in [1.165, 1.54) is 80.7 Å². The summed E-state index contributed by atoms with van der Waals surface area (Å²) in [6.45, 7) is 0. The molecule has 9 aromatic carbocycles. The van der Waals surface area contributed by atoms with Crippen molar-refractivity contribution in [3.63, 3.8) is 0 Å². The van der Waals surface area contributed by atoms with Gasteiger partial charge in [0.1, 0.15) is 0 Å². The molecule has 0 atom stereocenters. The van der Waals surface area contributed by atoms with Gasteiger partial charge in [-0.2, -0.15) is 0 Å². The molecule has 0 amide bonds. The van der Waals surface area contributed by atoms with Gasteiger partial charge in [0, 0.05) is 43.3 Å². The highest BCUT2D eigenvalue weighted by molar-refractivity contribution is 7.26. The lowest BCUT2D eigenvalue weighted by molar-refractivity contribution is 1.17. The minimum absolute atomic E-state index is 1.10. The molecule has 0 saturated heterocycles. The average Bonchev–Trinajstić information content (AvgIpc) is 3.81. The SMILES string of the molecule is c1ccc(-c2ccc(N(c3ccc(-n4c5ccccc5c5c6ccccc6ccc54)cc3)c3cccc4c3sc3ccccc34)cc2-c2ccccc2)cc1. The fourth-order valence-electron chi connectivity index (χ4n) is 8.50. The molecule has 11 rings (SSSR count). The monoisotopic (exact) mass is 718 g/mol. The molecule has 0 bridgehead atoms. The number of fused-ring (bicyclic) bond motifs is 8. The normalized spacial score (nSPS) is 11.6. The van der Waals surface area contributed by atoms with E-state index in [1.54, 1.807) is 0 Å². The van der Waals surface area contributed by atoms with E-state index < -0.39 is 0 Å². The number of anilines is 3. The van der Waals surface area contributed by atoms with E-state index in [2.05, 4.69) is 216 Å². The second kappa shape index (κ2) is 12.9. The smallest absolute Gasteiger partial charge is 0.0640 e. The molecule has 55 heavy (non-hydrogen) atoms. The van der Waals surface area contributed by atoms with Gasteiger partial charge in [0.25, 0.3) is 0 Å². The van der Waals surface area contributed by atoms with Crippen molar-refractivity contribution in [3.8, 4) is 27.9 Å². The summed E-state index contributed by atoms with van der Waals surface area (Å²) in [6.07, 6.45) is 0. The van der Waals surface area contributed by atoms with Gasteiger partial charge in [-0.05, 0) is 93.7 Å². The van der Waals surface area contributed by atoms with E-state index in [-0.39, 0.29) is 0 Å². The van der Waals surface area contributed by atoms with E-state index in [4.69, 9.17) is 0 Å². The molecule has 0 aliphatic heterocycles. The lowest BCUT2D eigenvalue weighted by Gasteiger charge is -2.27. The number of aromatic nitrogens is 1. The topological polar surface area (TPSA) is 8.17 Å². The Balaban J connectivity index is 1.13. The zero-order chi connectivity index (χ0) is 36.3. The van der Waals surface area contributed by atoms with E-state index in [0.717, 1.165) is 17.1 Å². The molecule has 2 aromatic heterocycles. The maximum atomic E-state index is 2.45. The van der Waals surface area contributed by atoms with Gasteiger partial charge in [0.2, 0.25) is 0 Å². The fourth-order valence-corrected chi connectivity index (χ4v) is 9.71. The number of benzene rings is 9. The first kappa shape index (κ1) is 31.6. The van der Waals surface area contributed by atoms with Gasteiger partial charge < -0.3 is 9.47 Å². The Morgan fingerprint density at radius 2 is 1.04 bits per heavy atom. The molecule has 0 aliphatic carbocycles. The third-order valence-corrected chi connectivity index (χ3v) is 12.2. The molecular weight excluding hydrogens is 685 g/mol. The number of nitrogens with zero attached hydrogens (tertiary/aromatic N) is 2. The summed E-state index contributed by atoms with van der Waals surface area (Å²) < 4.78 is 4.99. The van der Waals surface area contributed by atoms with Crippen LogP contribution >= 0.6 is 11.3 Å². The van der Waals surface area contributed by atoms with Crippen molar-refractivity contribution in [2.75, 3.05) is 4.90 Å². The molecule has 0 radical (unpaired) electrons. The minimum Gasteiger partial charge on any atom is -0.309 e. The summed E-state index contributed by atoms with van der Waals surface area (Å²) in [5, 5.41) is 7.67. The van der Waals surface area contributed by atoms with Crippen molar-refractivity contribution in [3.05, 3.63) is 206 Å². The molecule has 0 unspecified atom stereocenters. The minimum atomic E-state index is 1.10. The van der Waals surface area contributed by atoms with Crippen LogP contribution in [0.4, 0.5) is 17.1 Å². The van der Waals surface area contributed by atoms with E-state index in [9.17, 15) is 0 Å². The lowest BCUT2D eigenvalue weighted by Crippen LogP contribution is -2.10. The van der Waals surface area contributed by atoms with E-state index in [0.29, 0.717) is 0 Å². The first-order chi connectivity index (χ1) is 27.3. The first-order valence-electron chi connectivity index (χ1n) is 18.8. The summed E-state index contributed by atoms with van der Waals surface area (Å²) in [6, 6.07) is 75.1. The van der Waals surface area contributed by atoms with Gasteiger partial charge in [-0.3, -0.25) is 0 Å². The number of para-hydroxylation sites is 1. The summed E-state index contributed by atoms with van der Waals surface area (Å²) in [5.41, 5.74) is 11.7. The predicted molar refractivity (Wildman–Crippen MR) is 237 cm³/mol. The average molecular weight is 719 g/mol. The Labute approximate surface area is 323 Å². The molecule has 0 saturated carbocycles. The van der Waals surface area contributed by atoms with E-state index >= 15 is 0 Å². The Hall–Kier alpha value is -6.94. The van der Waals surface area contributed by atoms with Crippen LogP contribution in [0.15, 0.2) is 206 Å². The van der Waals surface area contributed by atoms with Crippen molar-refractivity contribution >= 4 is 81.1 Å². The van der Waals surface area contributed by atoms with Crippen molar-refractivity contribution in [2.24, 2.45) is 0 Å². The second-order valence-corrected chi connectivity index (χ2v) is 15.2. The highest BCUT2D eigenvalue weighted by Crippen LogP contribution is 2.47. The largest absolute Gasteiger partial charge is 0.309 e. The van der Waals surface area contributed by atoms with Gasteiger partial charge in [-0.1, -0.05) is 146 Å². The van der Waals surface area contributed by atoms with Crippen LogP contribution in [0.3, 0.4) is 0 Å². The number of hydrogen-bond acceptors (Lipinski definition) is 2. The standard InChI is InChI=1S/C52H34N2S/c1-3-14-35(15-4-1)41-32-31-40(34-46(41)36-16-5-2-6-17-36)53(49-24-13-22-44-43-20-10-12-25-50(43)55-52(44)49)38-27-29-39(30-28-38)54-47-23-11-9-21-45(47)51-42-19-8-7-18-37(42)26-33-48(51)54/h1-34H. The second-order valence-electron chi connectivity index (χ2n) is 14.1. The van der Waals surface area contributed by atoms with Crippen LogP contribution in [0.1, 0.15) is 0 Å². The van der Waals surface area contributed by atoms with Gasteiger partial charge in [-0.15, -0.1) is 11.3 Å². The quantitative estimate of drug-likeness (QED) is 0.166. The number of rotatable bonds is 6. The molecule has 0 fully saturated rings. The summed E-state index contributed by atoms with van der Waals surface area (Å²) >= 11 is 1.87. The van der Waals surface area contributed by atoms with Crippen LogP contribution in [0.2, 0.25) is 0 Å². The lowest BCUT2D eigenvalue weighted by atomic mass is 9.93. The zero-order valence-electron chi connectivity index (χ0n) is 29.9. The van der Waals surface area contributed by atoms with Crippen molar-refractivity contribution in [1.82, 2.24) is 4.57 Å². The van der Waals surface area contributed by atoms with Gasteiger partial charge in [0.15, 0.2) is 0 Å². The molecule has 11 aromatic rings. The summed E-state index contributed by atoms with van der Waals surface area (Å²) in [4.78, 5) is 2.45. The van der Waals surface area contributed by atoms with Crippen LogP contribution in [0, 0.1) is 0 Å². The third kappa shape index (κ3) is 5.16. The van der Waals surface area contributed by atoms with Crippen molar-refractivity contribution in [1.29, 1.82) is 0 Å². The maximum absolute atomic E-state index is 2.45. The third-order valence-electron chi connectivity index (χ3n) is 11.0. The molecule has 258 valence electrons.